The smallest absolute Gasteiger partial charge is 0.325 e. The molecule has 1 saturated heterocycles. The monoisotopic (exact) mass is 537 g/mol. The molecule has 3 heterocycles. The largest absolute Gasteiger partial charge is 0.493 e. The van der Waals surface area contributed by atoms with E-state index in [4.69, 9.17) is 23.7 Å². The second-order valence-electron chi connectivity index (χ2n) is 10.4. The zero-order valence-electron chi connectivity index (χ0n) is 22.8. The molecule has 2 N–H and O–H groups in total. The first-order valence-electron chi connectivity index (χ1n) is 13.1. The number of hydrogen-bond acceptors (Lipinski definition) is 11. The number of aromatic nitrogens is 2. The number of carbonyl (C=O) groups excluding carboxylic acids is 1. The molecule has 2 aliphatic rings. The van der Waals surface area contributed by atoms with Crippen LogP contribution in [0.15, 0.2) is 36.7 Å². The van der Waals surface area contributed by atoms with E-state index in [9.17, 15) is 4.79 Å². The zero-order chi connectivity index (χ0) is 27.4. The van der Waals surface area contributed by atoms with Crippen LogP contribution in [0.5, 0.6) is 23.0 Å². The van der Waals surface area contributed by atoms with Crippen LogP contribution in [0.3, 0.4) is 0 Å². The van der Waals surface area contributed by atoms with Gasteiger partial charge in [0.1, 0.15) is 23.8 Å². The van der Waals surface area contributed by atoms with E-state index in [0.29, 0.717) is 54.0 Å². The standard InChI is InChI=1S/C28H35N5O6/c1-28(2,3)39-27(34)21-15-29-9-11-33(21)10-6-12-36-24-14-20-18(13-23(24)35-4)26(31-16-30-20)32-19-7-5-8-22-25(19)38-17-37-22/h5,7-8,13-14,16,21,29H,6,9-12,15,17H2,1-4H3,(H,30,31,32). The van der Waals surface area contributed by atoms with Crippen molar-refractivity contribution in [2.24, 2.45) is 0 Å². The van der Waals surface area contributed by atoms with Gasteiger partial charge in [0.25, 0.3) is 0 Å². The summed E-state index contributed by atoms with van der Waals surface area (Å²) in [6.45, 7) is 9.20. The first-order valence-corrected chi connectivity index (χ1v) is 13.1. The van der Waals surface area contributed by atoms with Crippen LogP contribution in [0.2, 0.25) is 0 Å². The molecule has 0 bridgehead atoms. The van der Waals surface area contributed by atoms with E-state index in [2.05, 4.69) is 25.5 Å². The molecule has 3 aromatic rings. The summed E-state index contributed by atoms with van der Waals surface area (Å²) < 4.78 is 28.5. The second-order valence-corrected chi connectivity index (χ2v) is 10.4. The highest BCUT2D eigenvalue weighted by atomic mass is 16.7. The maximum atomic E-state index is 12.7. The van der Waals surface area contributed by atoms with Crippen LogP contribution in [0.4, 0.5) is 11.5 Å². The van der Waals surface area contributed by atoms with Crippen LogP contribution in [-0.4, -0.2) is 79.2 Å². The minimum absolute atomic E-state index is 0.184. The number of methoxy groups -OCH3 is 1. The molecule has 2 aromatic carbocycles. The van der Waals surface area contributed by atoms with Gasteiger partial charge >= 0.3 is 5.97 Å². The lowest BCUT2D eigenvalue weighted by Gasteiger charge is -2.36. The number of nitrogens with zero attached hydrogens (tertiary/aromatic N) is 3. The van der Waals surface area contributed by atoms with Gasteiger partial charge in [-0.2, -0.15) is 0 Å². The Hall–Kier alpha value is -3.83. The molecule has 11 nitrogen and oxygen atoms in total. The van der Waals surface area contributed by atoms with E-state index in [1.54, 1.807) is 7.11 Å². The van der Waals surface area contributed by atoms with Gasteiger partial charge < -0.3 is 34.3 Å². The number of benzene rings is 2. The summed E-state index contributed by atoms with van der Waals surface area (Å²) >= 11 is 0. The second kappa shape index (κ2) is 11.5. The highest BCUT2D eigenvalue weighted by molar-refractivity contribution is 5.93. The summed E-state index contributed by atoms with van der Waals surface area (Å²) in [6.07, 6.45) is 2.24. The number of anilines is 2. The number of nitrogens with one attached hydrogen (secondary N) is 2. The van der Waals surface area contributed by atoms with Crippen molar-refractivity contribution in [3.8, 4) is 23.0 Å². The van der Waals surface area contributed by atoms with Gasteiger partial charge in [0, 0.05) is 37.6 Å². The van der Waals surface area contributed by atoms with Crippen molar-refractivity contribution in [3.05, 3.63) is 36.7 Å². The molecule has 208 valence electrons. The summed E-state index contributed by atoms with van der Waals surface area (Å²) in [5, 5.41) is 7.40. The van der Waals surface area contributed by atoms with Crippen molar-refractivity contribution in [2.75, 3.05) is 52.0 Å². The molecule has 1 atom stereocenters. The molecule has 0 aliphatic carbocycles. The molecule has 1 fully saturated rings. The molecule has 5 rings (SSSR count). The topological polar surface area (TPSA) is 116 Å². The average molecular weight is 538 g/mol. The third-order valence-corrected chi connectivity index (χ3v) is 6.45. The van der Waals surface area contributed by atoms with Gasteiger partial charge in [0.05, 0.1) is 24.9 Å². The fourth-order valence-corrected chi connectivity index (χ4v) is 4.66. The predicted octanol–water partition coefficient (Wildman–Crippen LogP) is 3.50. The van der Waals surface area contributed by atoms with Gasteiger partial charge in [-0.1, -0.05) is 6.07 Å². The summed E-state index contributed by atoms with van der Waals surface area (Å²) in [7, 11) is 1.60. The summed E-state index contributed by atoms with van der Waals surface area (Å²) in [4.78, 5) is 23.7. The minimum atomic E-state index is -0.516. The van der Waals surface area contributed by atoms with Gasteiger partial charge in [0.15, 0.2) is 23.0 Å². The number of para-hydroxylation sites is 1. The van der Waals surface area contributed by atoms with Crippen molar-refractivity contribution < 1.29 is 28.5 Å². The van der Waals surface area contributed by atoms with Crippen LogP contribution in [0, 0.1) is 0 Å². The minimum Gasteiger partial charge on any atom is -0.493 e. The van der Waals surface area contributed by atoms with E-state index in [1.165, 1.54) is 6.33 Å². The third-order valence-electron chi connectivity index (χ3n) is 6.45. The Morgan fingerprint density at radius 2 is 2.08 bits per heavy atom. The highest BCUT2D eigenvalue weighted by Crippen LogP contribution is 2.41. The predicted molar refractivity (Wildman–Crippen MR) is 146 cm³/mol. The van der Waals surface area contributed by atoms with E-state index in [0.717, 1.165) is 30.6 Å². The van der Waals surface area contributed by atoms with Gasteiger partial charge in [-0.05, 0) is 45.4 Å². The number of hydrogen-bond donors (Lipinski definition) is 2. The Morgan fingerprint density at radius 3 is 2.90 bits per heavy atom. The van der Waals surface area contributed by atoms with Crippen LogP contribution in [0.1, 0.15) is 27.2 Å². The molecule has 0 saturated carbocycles. The average Bonchev–Trinajstić information content (AvgIpc) is 3.40. The molecule has 0 spiro atoms. The van der Waals surface area contributed by atoms with Crippen molar-refractivity contribution >= 4 is 28.4 Å². The number of rotatable bonds is 9. The highest BCUT2D eigenvalue weighted by Gasteiger charge is 2.32. The van der Waals surface area contributed by atoms with Crippen molar-refractivity contribution in [1.82, 2.24) is 20.2 Å². The van der Waals surface area contributed by atoms with Crippen LogP contribution >= 0.6 is 0 Å². The summed E-state index contributed by atoms with van der Waals surface area (Å²) in [6, 6.07) is 9.06. The Labute approximate surface area is 227 Å². The molecular formula is C28H35N5O6. The quantitative estimate of drug-likeness (QED) is 0.309. The Bertz CT molecular complexity index is 1330. The van der Waals surface area contributed by atoms with Gasteiger partial charge in [-0.25, -0.2) is 9.97 Å². The maximum absolute atomic E-state index is 12.7. The van der Waals surface area contributed by atoms with Gasteiger partial charge in [-0.15, -0.1) is 0 Å². The lowest BCUT2D eigenvalue weighted by Crippen LogP contribution is -2.56. The zero-order valence-corrected chi connectivity index (χ0v) is 22.8. The molecule has 11 heteroatoms. The summed E-state index contributed by atoms with van der Waals surface area (Å²) in [5.41, 5.74) is 0.945. The first-order chi connectivity index (χ1) is 18.8. The maximum Gasteiger partial charge on any atom is 0.325 e. The molecule has 1 aromatic heterocycles. The van der Waals surface area contributed by atoms with Crippen LogP contribution < -0.4 is 29.6 Å². The Balaban J connectivity index is 1.25. The molecule has 39 heavy (non-hydrogen) atoms. The van der Waals surface area contributed by atoms with E-state index in [-0.39, 0.29) is 18.8 Å². The Morgan fingerprint density at radius 1 is 1.21 bits per heavy atom. The van der Waals surface area contributed by atoms with E-state index in [1.807, 2.05) is 51.1 Å². The molecule has 0 radical (unpaired) electrons. The first kappa shape index (κ1) is 26.8. The van der Waals surface area contributed by atoms with Gasteiger partial charge in [0.2, 0.25) is 6.79 Å². The van der Waals surface area contributed by atoms with Crippen molar-refractivity contribution in [2.45, 2.75) is 38.8 Å². The fourth-order valence-electron chi connectivity index (χ4n) is 4.66. The van der Waals surface area contributed by atoms with Gasteiger partial charge in [-0.3, -0.25) is 9.69 Å². The third kappa shape index (κ3) is 6.26. The normalized spacial score (nSPS) is 17.2. The number of piperazine rings is 1. The van der Waals surface area contributed by atoms with E-state index < -0.39 is 5.60 Å². The number of esters is 1. The van der Waals surface area contributed by atoms with Crippen LogP contribution in [-0.2, 0) is 9.53 Å². The van der Waals surface area contributed by atoms with Crippen molar-refractivity contribution in [1.29, 1.82) is 0 Å². The number of carbonyl (C=O) groups is 1. The SMILES string of the molecule is COc1cc2c(Nc3cccc4c3OCO4)ncnc2cc1OCCCN1CCNCC1C(=O)OC(C)(C)C. The Kier molecular flexibility index (Phi) is 7.89. The van der Waals surface area contributed by atoms with E-state index >= 15 is 0 Å². The van der Waals surface area contributed by atoms with Crippen molar-refractivity contribution in [3.63, 3.8) is 0 Å². The molecule has 2 aliphatic heterocycles. The summed E-state index contributed by atoms with van der Waals surface area (Å²) in [5.74, 6) is 2.92. The fraction of sp³-hybridized carbons (Fsp3) is 0.464. The number of fused-ring (bicyclic) bond motifs is 2. The van der Waals surface area contributed by atoms with Crippen LogP contribution in [0.25, 0.3) is 10.9 Å². The molecule has 1 unspecified atom stereocenters. The molecule has 0 amide bonds. The molecular weight excluding hydrogens is 502 g/mol. The lowest BCUT2D eigenvalue weighted by atomic mass is 10.1. The lowest BCUT2D eigenvalue weighted by molar-refractivity contribution is -0.162. The number of ether oxygens (including phenoxy) is 5.